The number of hydrogen-bond donors (Lipinski definition) is 3. The summed E-state index contributed by atoms with van der Waals surface area (Å²) in [5.41, 5.74) is 4.76. The number of amides is 1. The molecule has 0 atom stereocenters. The Morgan fingerprint density at radius 1 is 1.00 bits per heavy atom. The van der Waals surface area contributed by atoms with E-state index in [9.17, 15) is 23.4 Å². The molecule has 0 heterocycles. The van der Waals surface area contributed by atoms with E-state index in [1.54, 1.807) is 12.1 Å². The van der Waals surface area contributed by atoms with Crippen molar-refractivity contribution in [3.8, 4) is 0 Å². The maximum atomic E-state index is 12.1. The van der Waals surface area contributed by atoms with E-state index >= 15 is 0 Å². The molecule has 0 unspecified atom stereocenters. The molecule has 0 saturated heterocycles. The minimum Gasteiger partial charge on any atom is -0.365 e. The first-order valence-electron chi connectivity index (χ1n) is 6.51. The number of carbonyl (C=O) groups is 1. The summed E-state index contributed by atoms with van der Waals surface area (Å²) in [5, 5.41) is 18.7. The van der Waals surface area contributed by atoms with Crippen molar-refractivity contribution in [2.24, 2.45) is 5.73 Å². The Morgan fingerprint density at radius 2 is 1.52 bits per heavy atom. The van der Waals surface area contributed by atoms with Crippen LogP contribution in [0.4, 0.5) is 0 Å². The SMILES string of the molecule is NC(=O)C(O)(O)CS(=O)(=O)c1ccc(Sc2ccccc2)cc1. The van der Waals surface area contributed by atoms with Gasteiger partial charge in [-0.1, -0.05) is 30.0 Å². The van der Waals surface area contributed by atoms with Crippen LogP contribution in [0.1, 0.15) is 0 Å². The zero-order valence-electron chi connectivity index (χ0n) is 11.9. The molecule has 0 fully saturated rings. The number of primary amides is 1. The zero-order valence-corrected chi connectivity index (χ0v) is 13.5. The maximum Gasteiger partial charge on any atom is 0.278 e. The first-order valence-corrected chi connectivity index (χ1v) is 8.98. The molecule has 6 nitrogen and oxygen atoms in total. The Hall–Kier alpha value is -1.87. The standard InChI is InChI=1S/C15H15NO5S2/c16-14(17)15(18,19)10-23(20,21)13-8-6-12(7-9-13)22-11-4-2-1-3-5-11/h1-9,18-19H,10H2,(H2,16,17). The highest BCUT2D eigenvalue weighted by atomic mass is 32.2. The van der Waals surface area contributed by atoms with E-state index < -0.39 is 27.3 Å². The molecule has 8 heteroatoms. The molecular formula is C15H15NO5S2. The molecular weight excluding hydrogens is 338 g/mol. The van der Waals surface area contributed by atoms with E-state index in [0.717, 1.165) is 9.79 Å². The lowest BCUT2D eigenvalue weighted by Crippen LogP contribution is -2.49. The van der Waals surface area contributed by atoms with Crippen molar-refractivity contribution in [3.63, 3.8) is 0 Å². The molecule has 2 aromatic carbocycles. The van der Waals surface area contributed by atoms with Crippen LogP contribution in [0.2, 0.25) is 0 Å². The number of sulfone groups is 1. The summed E-state index contributed by atoms with van der Waals surface area (Å²) < 4.78 is 24.2. The monoisotopic (exact) mass is 353 g/mol. The second-order valence-corrected chi connectivity index (χ2v) is 7.96. The van der Waals surface area contributed by atoms with E-state index in [1.165, 1.54) is 23.9 Å². The molecule has 122 valence electrons. The molecule has 4 N–H and O–H groups in total. The molecule has 0 aliphatic carbocycles. The van der Waals surface area contributed by atoms with Crippen LogP contribution in [0, 0.1) is 0 Å². The predicted molar refractivity (Wildman–Crippen MR) is 85.4 cm³/mol. The van der Waals surface area contributed by atoms with Gasteiger partial charge in [0.1, 0.15) is 5.75 Å². The van der Waals surface area contributed by atoms with Crippen LogP contribution in [0.15, 0.2) is 69.3 Å². The average molecular weight is 353 g/mol. The van der Waals surface area contributed by atoms with Crippen molar-refractivity contribution in [1.29, 1.82) is 0 Å². The zero-order chi connectivity index (χ0) is 17.1. The first-order chi connectivity index (χ1) is 10.7. The highest BCUT2D eigenvalue weighted by Crippen LogP contribution is 2.28. The fourth-order valence-electron chi connectivity index (χ4n) is 1.76. The Kier molecular flexibility index (Phi) is 5.10. The number of hydrogen-bond acceptors (Lipinski definition) is 6. The van der Waals surface area contributed by atoms with E-state index in [-0.39, 0.29) is 4.90 Å². The molecule has 0 radical (unpaired) electrons. The fourth-order valence-corrected chi connectivity index (χ4v) is 3.99. The lowest BCUT2D eigenvalue weighted by atomic mass is 10.3. The fraction of sp³-hybridized carbons (Fsp3) is 0.133. The van der Waals surface area contributed by atoms with Crippen molar-refractivity contribution < 1.29 is 23.4 Å². The van der Waals surface area contributed by atoms with Gasteiger partial charge in [0.05, 0.1) is 4.90 Å². The first kappa shape index (κ1) is 17.5. The van der Waals surface area contributed by atoms with Gasteiger partial charge < -0.3 is 15.9 Å². The third-order valence-corrected chi connectivity index (χ3v) is 5.74. The molecule has 2 rings (SSSR count). The van der Waals surface area contributed by atoms with Crippen LogP contribution < -0.4 is 5.73 Å². The lowest BCUT2D eigenvalue weighted by molar-refractivity contribution is -0.173. The number of rotatable bonds is 6. The minimum atomic E-state index is -4.06. The highest BCUT2D eigenvalue weighted by Gasteiger charge is 2.37. The molecule has 0 saturated carbocycles. The quantitative estimate of drug-likeness (QED) is 0.661. The third kappa shape index (κ3) is 4.55. The Bertz CT molecular complexity index is 786. The summed E-state index contributed by atoms with van der Waals surface area (Å²) in [5.74, 6) is -5.81. The highest BCUT2D eigenvalue weighted by molar-refractivity contribution is 7.99. The minimum absolute atomic E-state index is 0.122. The summed E-state index contributed by atoms with van der Waals surface area (Å²) in [6.45, 7) is 0. The number of nitrogens with two attached hydrogens (primary N) is 1. The van der Waals surface area contributed by atoms with Gasteiger partial charge in [0.25, 0.3) is 11.7 Å². The van der Waals surface area contributed by atoms with Gasteiger partial charge in [-0.2, -0.15) is 0 Å². The van der Waals surface area contributed by atoms with Crippen molar-refractivity contribution in [2.45, 2.75) is 20.5 Å². The molecule has 2 aromatic rings. The van der Waals surface area contributed by atoms with Crippen LogP contribution in [0.5, 0.6) is 0 Å². The topological polar surface area (TPSA) is 118 Å². The van der Waals surface area contributed by atoms with Gasteiger partial charge in [0, 0.05) is 9.79 Å². The number of carbonyl (C=O) groups excluding carboxylic acids is 1. The molecule has 0 aliphatic rings. The second-order valence-electron chi connectivity index (χ2n) is 4.83. The van der Waals surface area contributed by atoms with Crippen LogP contribution in [0.25, 0.3) is 0 Å². The number of aliphatic hydroxyl groups is 2. The Labute approximate surface area is 137 Å². The van der Waals surface area contributed by atoms with E-state index in [0.29, 0.717) is 0 Å². The van der Waals surface area contributed by atoms with Crippen LogP contribution in [-0.2, 0) is 14.6 Å². The summed E-state index contributed by atoms with van der Waals surface area (Å²) in [6, 6.07) is 15.4. The second kappa shape index (κ2) is 6.71. The van der Waals surface area contributed by atoms with Crippen LogP contribution >= 0.6 is 11.8 Å². The van der Waals surface area contributed by atoms with Gasteiger partial charge in [0.2, 0.25) is 0 Å². The van der Waals surface area contributed by atoms with Crippen molar-refractivity contribution in [3.05, 3.63) is 54.6 Å². The van der Waals surface area contributed by atoms with Gasteiger partial charge in [0.15, 0.2) is 9.84 Å². The van der Waals surface area contributed by atoms with E-state index in [2.05, 4.69) is 0 Å². The van der Waals surface area contributed by atoms with E-state index in [1.807, 2.05) is 30.3 Å². The lowest BCUT2D eigenvalue weighted by Gasteiger charge is -2.17. The average Bonchev–Trinajstić information content (AvgIpc) is 2.47. The third-order valence-electron chi connectivity index (χ3n) is 2.95. The maximum absolute atomic E-state index is 12.1. The molecule has 0 bridgehead atoms. The largest absolute Gasteiger partial charge is 0.365 e. The van der Waals surface area contributed by atoms with Crippen molar-refractivity contribution >= 4 is 27.5 Å². The van der Waals surface area contributed by atoms with Crippen LogP contribution in [0.3, 0.4) is 0 Å². The Balaban J connectivity index is 2.17. The van der Waals surface area contributed by atoms with Gasteiger partial charge >= 0.3 is 0 Å². The van der Waals surface area contributed by atoms with E-state index in [4.69, 9.17) is 5.73 Å². The summed E-state index contributed by atoms with van der Waals surface area (Å²) >= 11 is 1.46. The number of benzene rings is 2. The van der Waals surface area contributed by atoms with Gasteiger partial charge in [-0.25, -0.2) is 8.42 Å². The summed E-state index contributed by atoms with van der Waals surface area (Å²) in [4.78, 5) is 12.5. The van der Waals surface area contributed by atoms with Gasteiger partial charge in [-0.3, -0.25) is 4.79 Å². The van der Waals surface area contributed by atoms with Gasteiger partial charge in [-0.15, -0.1) is 0 Å². The predicted octanol–water partition coefficient (Wildman–Crippen LogP) is 0.778. The van der Waals surface area contributed by atoms with Gasteiger partial charge in [-0.05, 0) is 36.4 Å². The summed E-state index contributed by atoms with van der Waals surface area (Å²) in [7, 11) is -4.06. The molecule has 0 aliphatic heterocycles. The molecule has 0 spiro atoms. The molecule has 1 amide bonds. The summed E-state index contributed by atoms with van der Waals surface area (Å²) in [6.07, 6.45) is 0. The van der Waals surface area contributed by atoms with Crippen LogP contribution in [-0.4, -0.2) is 36.1 Å². The normalized spacial score (nSPS) is 12.1. The van der Waals surface area contributed by atoms with Crippen molar-refractivity contribution in [2.75, 3.05) is 5.75 Å². The Morgan fingerprint density at radius 3 is 2.04 bits per heavy atom. The smallest absolute Gasteiger partial charge is 0.278 e. The molecule has 23 heavy (non-hydrogen) atoms. The molecule has 0 aromatic heterocycles. The van der Waals surface area contributed by atoms with Crippen molar-refractivity contribution in [1.82, 2.24) is 0 Å².